The van der Waals surface area contributed by atoms with Crippen molar-refractivity contribution >= 4 is 22.9 Å². The maximum Gasteiger partial charge on any atom is 0.314 e. The topological polar surface area (TPSA) is 61.0 Å². The average Bonchev–Trinajstić information content (AvgIpc) is 2.46. The fourth-order valence-corrected chi connectivity index (χ4v) is 1.16. The Bertz CT molecular complexity index is 359. The molecule has 0 aromatic carbocycles. The van der Waals surface area contributed by atoms with Crippen LogP contribution < -0.4 is 0 Å². The van der Waals surface area contributed by atoms with E-state index in [1.807, 2.05) is 0 Å². The second-order valence-corrected chi connectivity index (χ2v) is 2.76. The van der Waals surface area contributed by atoms with Crippen LogP contribution in [0, 0.1) is 10.1 Å². The third-order valence-corrected chi connectivity index (χ3v) is 1.93. The van der Waals surface area contributed by atoms with Crippen LogP contribution in [-0.4, -0.2) is 20.6 Å². The Hall–Kier alpha value is -1.36. The van der Waals surface area contributed by atoms with Crippen LogP contribution in [0.25, 0.3) is 5.57 Å². The van der Waals surface area contributed by atoms with Gasteiger partial charge in [-0.1, -0.05) is 6.58 Å². The van der Waals surface area contributed by atoms with E-state index in [1.165, 1.54) is 10.9 Å². The van der Waals surface area contributed by atoms with Crippen LogP contribution in [0.15, 0.2) is 12.8 Å². The molecule has 0 saturated heterocycles. The van der Waals surface area contributed by atoms with Crippen molar-refractivity contribution in [2.75, 3.05) is 5.88 Å². The lowest BCUT2D eigenvalue weighted by Crippen LogP contribution is -2.00. The molecule has 1 aromatic heterocycles. The molecule has 0 unspecified atom stereocenters. The second-order valence-electron chi connectivity index (χ2n) is 2.50. The molecule has 1 aromatic rings. The van der Waals surface area contributed by atoms with Crippen LogP contribution in [-0.2, 0) is 7.05 Å². The maximum absolute atomic E-state index is 10.5. The van der Waals surface area contributed by atoms with E-state index in [1.54, 1.807) is 7.05 Å². The van der Waals surface area contributed by atoms with E-state index >= 15 is 0 Å². The zero-order valence-electron chi connectivity index (χ0n) is 7.03. The number of aryl methyl sites for hydroxylation is 1. The van der Waals surface area contributed by atoms with E-state index in [4.69, 9.17) is 11.6 Å². The molecule has 0 radical (unpaired) electrons. The SMILES string of the molecule is C=C(CCl)c1c([N+](=O)[O-])cnn1C. The van der Waals surface area contributed by atoms with Gasteiger partial charge >= 0.3 is 5.69 Å². The van der Waals surface area contributed by atoms with Crippen molar-refractivity contribution < 1.29 is 4.92 Å². The zero-order valence-corrected chi connectivity index (χ0v) is 7.78. The quantitative estimate of drug-likeness (QED) is 0.424. The minimum absolute atomic E-state index is 0.0619. The van der Waals surface area contributed by atoms with E-state index < -0.39 is 4.92 Å². The van der Waals surface area contributed by atoms with E-state index in [9.17, 15) is 10.1 Å². The molecule has 0 aliphatic rings. The summed E-state index contributed by atoms with van der Waals surface area (Å²) in [6, 6.07) is 0. The first-order valence-corrected chi connectivity index (χ1v) is 4.02. The van der Waals surface area contributed by atoms with Gasteiger partial charge in [0.05, 0.1) is 4.92 Å². The molecule has 1 rings (SSSR count). The average molecular weight is 202 g/mol. The lowest BCUT2D eigenvalue weighted by atomic mass is 10.2. The predicted octanol–water partition coefficient (Wildman–Crippen LogP) is 1.58. The Morgan fingerprint density at radius 1 is 1.92 bits per heavy atom. The molecule has 0 atom stereocenters. The highest BCUT2D eigenvalue weighted by atomic mass is 35.5. The van der Waals surface area contributed by atoms with E-state index in [0.29, 0.717) is 11.3 Å². The second kappa shape index (κ2) is 3.57. The smallest absolute Gasteiger partial charge is 0.261 e. The van der Waals surface area contributed by atoms with Crippen LogP contribution in [0.2, 0.25) is 0 Å². The number of hydrogen-bond acceptors (Lipinski definition) is 3. The lowest BCUT2D eigenvalue weighted by molar-refractivity contribution is -0.385. The highest BCUT2D eigenvalue weighted by molar-refractivity contribution is 6.23. The number of hydrogen-bond donors (Lipinski definition) is 0. The van der Waals surface area contributed by atoms with Gasteiger partial charge in [-0.05, 0) is 5.57 Å². The minimum atomic E-state index is -0.500. The van der Waals surface area contributed by atoms with Gasteiger partial charge in [0, 0.05) is 12.9 Å². The summed E-state index contributed by atoms with van der Waals surface area (Å²) in [6.45, 7) is 3.62. The normalized spacial score (nSPS) is 10.0. The summed E-state index contributed by atoms with van der Waals surface area (Å²) in [6.07, 6.45) is 1.19. The molecule has 1 heterocycles. The Morgan fingerprint density at radius 3 is 3.00 bits per heavy atom. The Morgan fingerprint density at radius 2 is 2.54 bits per heavy atom. The highest BCUT2D eigenvalue weighted by Crippen LogP contribution is 2.24. The van der Waals surface area contributed by atoms with Gasteiger partial charge in [0.2, 0.25) is 0 Å². The first kappa shape index (κ1) is 9.73. The van der Waals surface area contributed by atoms with Crippen molar-refractivity contribution in [1.29, 1.82) is 0 Å². The molecule has 0 amide bonds. The first-order valence-electron chi connectivity index (χ1n) is 3.48. The molecule has 0 bridgehead atoms. The molecule has 13 heavy (non-hydrogen) atoms. The molecule has 0 saturated carbocycles. The number of halogens is 1. The molecular formula is C7H8ClN3O2. The summed E-state index contributed by atoms with van der Waals surface area (Å²) in [7, 11) is 1.61. The van der Waals surface area contributed by atoms with Crippen molar-refractivity contribution in [3.8, 4) is 0 Å². The number of allylic oxidation sites excluding steroid dienone is 1. The molecule has 70 valence electrons. The monoisotopic (exact) mass is 201 g/mol. The van der Waals surface area contributed by atoms with Crippen molar-refractivity contribution in [3.63, 3.8) is 0 Å². The molecule has 6 heteroatoms. The summed E-state index contributed by atoms with van der Waals surface area (Å²) in [4.78, 5) is 10.0. The van der Waals surface area contributed by atoms with Crippen LogP contribution in [0.3, 0.4) is 0 Å². The van der Waals surface area contributed by atoms with Crippen LogP contribution >= 0.6 is 11.6 Å². The summed E-state index contributed by atoms with van der Waals surface area (Å²) in [5.74, 6) is 0.153. The van der Waals surface area contributed by atoms with Crippen LogP contribution in [0.4, 0.5) is 5.69 Å². The van der Waals surface area contributed by atoms with Crippen LogP contribution in [0.1, 0.15) is 5.69 Å². The standard InChI is InChI=1S/C7H8ClN3O2/c1-5(3-8)7-6(11(12)13)4-9-10(7)2/h4H,1,3H2,2H3. The molecular weight excluding hydrogens is 194 g/mol. The van der Waals surface area contributed by atoms with Crippen molar-refractivity contribution in [1.82, 2.24) is 9.78 Å². The van der Waals surface area contributed by atoms with Gasteiger partial charge in [-0.3, -0.25) is 14.8 Å². The van der Waals surface area contributed by atoms with Crippen molar-refractivity contribution in [3.05, 3.63) is 28.6 Å². The van der Waals surface area contributed by atoms with Gasteiger partial charge in [0.25, 0.3) is 0 Å². The molecule has 5 nitrogen and oxygen atoms in total. The Balaban J connectivity index is 3.24. The fraction of sp³-hybridized carbons (Fsp3) is 0.286. The van der Waals surface area contributed by atoms with E-state index in [2.05, 4.69) is 11.7 Å². The summed E-state index contributed by atoms with van der Waals surface area (Å²) >= 11 is 5.53. The maximum atomic E-state index is 10.5. The number of aromatic nitrogens is 2. The van der Waals surface area contributed by atoms with Gasteiger partial charge in [-0.2, -0.15) is 5.10 Å². The van der Waals surface area contributed by atoms with Gasteiger partial charge < -0.3 is 0 Å². The predicted molar refractivity (Wildman–Crippen MR) is 49.6 cm³/mol. The Labute approximate surface area is 79.8 Å². The van der Waals surface area contributed by atoms with Gasteiger partial charge in [-0.15, -0.1) is 11.6 Å². The third-order valence-electron chi connectivity index (χ3n) is 1.61. The number of nitrogens with zero attached hydrogens (tertiary/aromatic N) is 3. The van der Waals surface area contributed by atoms with Crippen LogP contribution in [0.5, 0.6) is 0 Å². The summed E-state index contributed by atoms with van der Waals surface area (Å²) < 4.78 is 1.39. The number of nitro groups is 1. The largest absolute Gasteiger partial charge is 0.314 e. The van der Waals surface area contributed by atoms with Gasteiger partial charge in [-0.25, -0.2) is 0 Å². The minimum Gasteiger partial charge on any atom is -0.261 e. The summed E-state index contributed by atoms with van der Waals surface area (Å²) in [5.41, 5.74) is 0.807. The molecule has 0 aliphatic heterocycles. The fourth-order valence-electron chi connectivity index (χ4n) is 1.03. The van der Waals surface area contributed by atoms with Gasteiger partial charge in [0.15, 0.2) is 0 Å². The Kier molecular flexibility index (Phi) is 2.67. The molecule has 0 aliphatic carbocycles. The highest BCUT2D eigenvalue weighted by Gasteiger charge is 2.20. The molecule has 0 N–H and O–H groups in total. The number of alkyl halides is 1. The van der Waals surface area contributed by atoms with Crippen molar-refractivity contribution in [2.24, 2.45) is 7.05 Å². The van der Waals surface area contributed by atoms with Gasteiger partial charge in [0.1, 0.15) is 11.9 Å². The molecule has 0 spiro atoms. The van der Waals surface area contributed by atoms with E-state index in [0.717, 1.165) is 0 Å². The summed E-state index contributed by atoms with van der Waals surface area (Å²) in [5, 5.41) is 14.3. The third kappa shape index (κ3) is 1.70. The van der Waals surface area contributed by atoms with Crippen molar-refractivity contribution in [2.45, 2.75) is 0 Å². The van der Waals surface area contributed by atoms with E-state index in [-0.39, 0.29) is 11.6 Å². The molecule has 0 fully saturated rings. The number of rotatable bonds is 3. The zero-order chi connectivity index (χ0) is 10.0. The lowest BCUT2D eigenvalue weighted by Gasteiger charge is -2.00. The first-order chi connectivity index (χ1) is 6.07.